The van der Waals surface area contributed by atoms with E-state index in [0.717, 1.165) is 51.4 Å². The highest BCUT2D eigenvalue weighted by Gasteiger charge is 1.99. The summed E-state index contributed by atoms with van der Waals surface area (Å²) in [5.41, 5.74) is 0. The fourth-order valence-corrected chi connectivity index (χ4v) is 1.77. The van der Waals surface area contributed by atoms with Crippen molar-refractivity contribution in [2.75, 3.05) is 13.2 Å². The summed E-state index contributed by atoms with van der Waals surface area (Å²) >= 11 is 0. The molecule has 0 saturated carbocycles. The van der Waals surface area contributed by atoms with Crippen LogP contribution in [0.1, 0.15) is 91.9 Å². The van der Waals surface area contributed by atoms with Gasteiger partial charge in [0.15, 0.2) is 0 Å². The topological polar surface area (TPSA) is 52.6 Å². The minimum absolute atomic E-state index is 0.0806. The van der Waals surface area contributed by atoms with Crippen LogP contribution in [0.15, 0.2) is 24.3 Å². The zero-order valence-corrected chi connectivity index (χ0v) is 17.4. The van der Waals surface area contributed by atoms with Crippen molar-refractivity contribution < 1.29 is 19.1 Å². The summed E-state index contributed by atoms with van der Waals surface area (Å²) in [5, 5.41) is 0. The van der Waals surface area contributed by atoms with Gasteiger partial charge in [0.2, 0.25) is 0 Å². The highest BCUT2D eigenvalue weighted by atomic mass is 16.5. The van der Waals surface area contributed by atoms with Crippen LogP contribution in [0.25, 0.3) is 0 Å². The van der Waals surface area contributed by atoms with Crippen LogP contribution in [-0.2, 0) is 19.1 Å². The lowest BCUT2D eigenvalue weighted by Gasteiger charge is -1.99. The van der Waals surface area contributed by atoms with Crippen LogP contribution in [0, 0.1) is 0 Å². The zero-order valence-electron chi connectivity index (χ0n) is 17.4. The average molecular weight is 369 g/mol. The van der Waals surface area contributed by atoms with Crippen LogP contribution in [-0.4, -0.2) is 25.2 Å². The first-order valence-corrected chi connectivity index (χ1v) is 10.2. The molecule has 0 heterocycles. The van der Waals surface area contributed by atoms with Gasteiger partial charge in [0, 0.05) is 12.8 Å². The van der Waals surface area contributed by atoms with Gasteiger partial charge in [0.1, 0.15) is 13.2 Å². The van der Waals surface area contributed by atoms with E-state index < -0.39 is 0 Å². The van der Waals surface area contributed by atoms with E-state index in [4.69, 9.17) is 9.47 Å². The lowest BCUT2D eigenvalue weighted by atomic mass is 10.2. The number of esters is 2. The molecule has 0 aliphatic heterocycles. The van der Waals surface area contributed by atoms with E-state index >= 15 is 0 Å². The summed E-state index contributed by atoms with van der Waals surface area (Å²) < 4.78 is 9.93. The van der Waals surface area contributed by atoms with E-state index in [9.17, 15) is 9.59 Å². The van der Waals surface area contributed by atoms with Crippen LogP contribution >= 0.6 is 0 Å². The molecule has 0 spiro atoms. The molecule has 0 N–H and O–H groups in total. The Morgan fingerprint density at radius 3 is 1.31 bits per heavy atom. The van der Waals surface area contributed by atoms with Crippen LogP contribution < -0.4 is 0 Å². The second kappa shape index (κ2) is 23.4. The van der Waals surface area contributed by atoms with Gasteiger partial charge in [0.25, 0.3) is 0 Å². The van der Waals surface area contributed by atoms with Gasteiger partial charge in [-0.15, -0.1) is 0 Å². The molecule has 0 saturated heterocycles. The fraction of sp³-hybridized carbons (Fsp3) is 0.727. The first kappa shape index (κ1) is 26.6. The first-order valence-electron chi connectivity index (χ1n) is 10.2. The number of hydrogen-bond donors (Lipinski definition) is 0. The second-order valence-electron chi connectivity index (χ2n) is 6.09. The lowest BCUT2D eigenvalue weighted by Crippen LogP contribution is -2.03. The molecule has 0 aromatic rings. The van der Waals surface area contributed by atoms with Crippen molar-refractivity contribution in [2.45, 2.75) is 91.9 Å². The molecule has 0 radical (unpaired) electrons. The molecule has 4 nitrogen and oxygen atoms in total. The minimum Gasteiger partial charge on any atom is -0.461 e. The van der Waals surface area contributed by atoms with Crippen molar-refractivity contribution in [3.05, 3.63) is 24.3 Å². The number of unbranched alkanes of at least 4 members (excludes halogenated alkanes) is 4. The molecule has 26 heavy (non-hydrogen) atoms. The van der Waals surface area contributed by atoms with Gasteiger partial charge in [-0.05, 0) is 25.7 Å². The van der Waals surface area contributed by atoms with Crippen molar-refractivity contribution in [2.24, 2.45) is 0 Å². The van der Waals surface area contributed by atoms with Gasteiger partial charge < -0.3 is 9.47 Å². The molecule has 0 aliphatic carbocycles. The Kier molecular flexibility index (Phi) is 24.0. The average Bonchev–Trinajstić information content (AvgIpc) is 2.65. The standard InChI is InChI=1S/2C11H20O2/c2*1-3-5-7-8-10-13-11(12)9-6-4-2/h2*7-8H,3-6,9-10H2,1-2H3/b8-7+;. The molecular weight excluding hydrogens is 328 g/mol. The van der Waals surface area contributed by atoms with E-state index in [2.05, 4.69) is 27.7 Å². The SMILES string of the molecule is CCC/C=C/COC(=O)CCCC.CCCC=CCOC(=O)CCCC. The number of ether oxygens (including phenoxy) is 2. The predicted molar refractivity (Wildman–Crippen MR) is 109 cm³/mol. The van der Waals surface area contributed by atoms with Gasteiger partial charge in [-0.2, -0.15) is 0 Å². The minimum atomic E-state index is -0.0806. The number of hydrogen-bond acceptors (Lipinski definition) is 4. The predicted octanol–water partition coefficient (Wildman–Crippen LogP) is 6.15. The monoisotopic (exact) mass is 368 g/mol. The highest BCUT2D eigenvalue weighted by molar-refractivity contribution is 5.69. The largest absolute Gasteiger partial charge is 0.461 e. The third-order valence-corrected chi connectivity index (χ3v) is 3.39. The van der Waals surface area contributed by atoms with E-state index in [1.54, 1.807) is 0 Å². The molecule has 0 fully saturated rings. The Hall–Kier alpha value is -1.58. The Labute approximate surface area is 161 Å². The van der Waals surface area contributed by atoms with Crippen LogP contribution in [0.4, 0.5) is 0 Å². The van der Waals surface area contributed by atoms with Crippen molar-refractivity contribution in [1.29, 1.82) is 0 Å². The summed E-state index contributed by atoms with van der Waals surface area (Å²) in [5.74, 6) is -0.161. The molecule has 4 heteroatoms. The molecule has 0 aromatic carbocycles. The normalized spacial score (nSPS) is 10.6. The van der Waals surface area contributed by atoms with Crippen molar-refractivity contribution in [1.82, 2.24) is 0 Å². The number of allylic oxidation sites excluding steroid dienone is 2. The lowest BCUT2D eigenvalue weighted by molar-refractivity contribution is -0.143. The van der Waals surface area contributed by atoms with Crippen molar-refractivity contribution in [3.8, 4) is 0 Å². The second-order valence-corrected chi connectivity index (χ2v) is 6.09. The molecule has 0 rings (SSSR count). The summed E-state index contributed by atoms with van der Waals surface area (Å²) in [7, 11) is 0. The van der Waals surface area contributed by atoms with Crippen LogP contribution in [0.2, 0.25) is 0 Å². The summed E-state index contributed by atoms with van der Waals surface area (Å²) in [6.45, 7) is 9.24. The molecule has 0 aliphatic rings. The van der Waals surface area contributed by atoms with E-state index in [1.165, 1.54) is 0 Å². The first-order chi connectivity index (χ1) is 12.6. The van der Waals surface area contributed by atoms with E-state index in [0.29, 0.717) is 26.1 Å². The van der Waals surface area contributed by atoms with Gasteiger partial charge in [0.05, 0.1) is 0 Å². The molecule has 0 amide bonds. The summed E-state index contributed by atoms with van der Waals surface area (Å²) in [4.78, 5) is 22.0. The van der Waals surface area contributed by atoms with Crippen molar-refractivity contribution in [3.63, 3.8) is 0 Å². The highest BCUT2D eigenvalue weighted by Crippen LogP contribution is 1.97. The Balaban J connectivity index is 0. The van der Waals surface area contributed by atoms with E-state index in [-0.39, 0.29) is 11.9 Å². The number of carbonyl (C=O) groups is 2. The van der Waals surface area contributed by atoms with Crippen molar-refractivity contribution >= 4 is 11.9 Å². The van der Waals surface area contributed by atoms with Gasteiger partial charge in [-0.1, -0.05) is 77.7 Å². The number of rotatable bonds is 14. The Morgan fingerprint density at radius 2 is 1.00 bits per heavy atom. The van der Waals surface area contributed by atoms with Crippen LogP contribution in [0.5, 0.6) is 0 Å². The molecule has 152 valence electrons. The molecule has 0 bridgehead atoms. The summed E-state index contributed by atoms with van der Waals surface area (Å²) in [6, 6.07) is 0. The summed E-state index contributed by atoms with van der Waals surface area (Å²) in [6.07, 6.45) is 17.4. The maximum Gasteiger partial charge on any atom is 0.306 e. The van der Waals surface area contributed by atoms with Gasteiger partial charge >= 0.3 is 11.9 Å². The van der Waals surface area contributed by atoms with Crippen LogP contribution in [0.3, 0.4) is 0 Å². The third kappa shape index (κ3) is 24.7. The Bertz CT molecular complexity index is 336. The van der Waals surface area contributed by atoms with E-state index in [1.807, 2.05) is 24.3 Å². The molecule has 0 unspecified atom stereocenters. The molecule has 0 atom stereocenters. The van der Waals surface area contributed by atoms with Gasteiger partial charge in [-0.25, -0.2) is 0 Å². The smallest absolute Gasteiger partial charge is 0.306 e. The number of carbonyl (C=O) groups excluding carboxylic acids is 2. The zero-order chi connectivity index (χ0) is 19.9. The van der Waals surface area contributed by atoms with Gasteiger partial charge in [-0.3, -0.25) is 9.59 Å². The fourth-order valence-electron chi connectivity index (χ4n) is 1.77. The third-order valence-electron chi connectivity index (χ3n) is 3.39. The maximum atomic E-state index is 11.0. The maximum absolute atomic E-state index is 11.0. The quantitative estimate of drug-likeness (QED) is 0.272. The Morgan fingerprint density at radius 1 is 0.615 bits per heavy atom. The molecule has 0 aromatic heterocycles. The molecular formula is C22H40O4.